The first kappa shape index (κ1) is 104. The number of nitrogens with zero attached hydrogens (tertiary/aromatic N) is 8. The monoisotopic (exact) mass is 1860 g/mol. The van der Waals surface area contributed by atoms with Crippen molar-refractivity contribution in [2.45, 2.75) is 36.3 Å². The first-order chi connectivity index (χ1) is 56.1. The number of phenols is 4. The Morgan fingerprint density at radius 1 is 0.296 bits per heavy atom. The van der Waals surface area contributed by atoms with Gasteiger partial charge in [0.05, 0.1) is 53.5 Å². The molecule has 37 nitrogen and oxygen atoms in total. The summed E-state index contributed by atoms with van der Waals surface area (Å²) >= 11 is 0. The molecule has 0 bridgehead atoms. The number of aryl methyl sites for hydroxylation is 1. The van der Waals surface area contributed by atoms with Crippen molar-refractivity contribution in [2.75, 3.05) is 28.4 Å². The van der Waals surface area contributed by atoms with E-state index in [1.54, 1.807) is 49.4 Å². The Morgan fingerprint density at radius 3 is 0.864 bits per heavy atom. The van der Waals surface area contributed by atoms with Gasteiger partial charge in [-0.15, -0.1) is 25.6 Å². The number of carbonyl (C=O) groups excluding carboxylic acids is 2. The summed E-state index contributed by atoms with van der Waals surface area (Å²) < 4.78 is 221. The molecule has 8 N–H and O–H groups in total. The molecule has 0 atom stereocenters. The molecule has 125 heavy (non-hydrogen) atoms. The average molecular weight is 1860 g/mol. The second kappa shape index (κ2) is 42.1. The van der Waals surface area contributed by atoms with Gasteiger partial charge >= 0.3 is 189 Å². The molecule has 49 heteroatoms. The van der Waals surface area contributed by atoms with Crippen LogP contribution in [0.15, 0.2) is 289 Å². The zero-order valence-corrected chi connectivity index (χ0v) is 83.1. The van der Waals surface area contributed by atoms with Gasteiger partial charge in [0.1, 0.15) is 94.9 Å². The van der Waals surface area contributed by atoms with E-state index in [0.29, 0.717) is 38.5 Å². The van der Waals surface area contributed by atoms with E-state index in [0.717, 1.165) is 42.5 Å². The van der Waals surface area contributed by atoms with Crippen molar-refractivity contribution in [3.63, 3.8) is 0 Å². The zero-order valence-electron chi connectivity index (χ0n) is 66.2. The Morgan fingerprint density at radius 2 is 0.568 bits per heavy atom. The van der Waals surface area contributed by atoms with Crippen LogP contribution in [-0.4, -0.2) is 117 Å². The largest absolute Gasteiger partial charge is 1.00 e. The normalized spacial score (nSPS) is 11.9. The van der Waals surface area contributed by atoms with Crippen molar-refractivity contribution in [2.24, 2.45) is 40.9 Å². The molecule has 14 rings (SSSR count). The van der Waals surface area contributed by atoms with Gasteiger partial charge in [-0.2, -0.15) is 15.3 Å². The van der Waals surface area contributed by atoms with E-state index in [9.17, 15) is 108 Å². The van der Waals surface area contributed by atoms with Gasteiger partial charge in [-0.05, 0) is 219 Å². The number of hydrogen-bond donors (Lipinski definition) is 8. The Hall–Kier alpha value is -7.96. The van der Waals surface area contributed by atoms with Crippen LogP contribution in [0.3, 0.4) is 0 Å². The summed E-state index contributed by atoms with van der Waals surface area (Å²) in [6, 6.07) is 46.9. The molecule has 0 unspecified atom stereocenters. The standard InChI is InChI=1S/C38H28N6O13S3.C38H28N6O12S3.6Na/c1-57-31-5-3-2-4-30(31)42-44-35-33(60(54,55)56)19-23-16-25(10-13-29(23)37(35)46)40-38(47)39-24-9-12-28-22(15-24)18-32(59(51,52)53)34(36(28)45)43-41-26-8-6-21-17-27(58(48,49)50)11-7-20(21)14-26;1-20-4-2-3-5-31(20)42-44-35-33(59(54,55)56)19-24-16-26(10-13-30(24)37(35)46)40-38(47)39-25-9-12-29-23(15-25)18-32(58(51,52)53)34(36(29)45)43-41-27-8-6-22-17-28(57(48,49)50)11-7-21(22)14-27;;;;;;/h2-19,45-46H,1H3,(H2,39,40,47)(H,48,49,50)(H,51,52,53)(H,54,55,56);2-19,45-46H,1H3,(H2,39,40,47)(H,48,49,50)(H,51,52,53)(H,54,55,56);;;;;;/q;;6*+1/p-6. The summed E-state index contributed by atoms with van der Waals surface area (Å²) in [5, 5.41) is 87.4. The van der Waals surface area contributed by atoms with Crippen molar-refractivity contribution in [3.05, 3.63) is 224 Å². The van der Waals surface area contributed by atoms with Gasteiger partial charge in [-0.25, -0.2) is 60.1 Å². The fourth-order valence-corrected chi connectivity index (χ4v) is 15.7. The van der Waals surface area contributed by atoms with Crippen LogP contribution in [0.5, 0.6) is 28.7 Å². The number of anilines is 4. The van der Waals surface area contributed by atoms with Crippen LogP contribution in [0.4, 0.5) is 77.8 Å². The predicted molar refractivity (Wildman–Crippen MR) is 424 cm³/mol. The second-order valence-corrected chi connectivity index (χ2v) is 33.7. The van der Waals surface area contributed by atoms with Crippen LogP contribution in [0.2, 0.25) is 0 Å². The fraction of sp³-hybridized carbons (Fsp3) is 0.0263. The molecule has 0 aromatic heterocycles. The van der Waals surface area contributed by atoms with Gasteiger partial charge in [0.25, 0.3) is 0 Å². The summed E-state index contributed by atoms with van der Waals surface area (Å²) in [7, 11) is -29.0. The first-order valence-corrected chi connectivity index (χ1v) is 42.0. The molecule has 0 heterocycles. The van der Waals surface area contributed by atoms with Crippen molar-refractivity contribution in [1.82, 2.24) is 0 Å². The van der Waals surface area contributed by atoms with Crippen LogP contribution < -0.4 is 203 Å². The Labute approximate surface area is 842 Å². The molecule has 14 aromatic carbocycles. The fourth-order valence-electron chi connectivity index (χ4n) is 12.1. The number of amides is 4. The smallest absolute Gasteiger partial charge is 0.744 e. The number of rotatable bonds is 19. The Kier molecular flexibility index (Phi) is 35.0. The van der Waals surface area contributed by atoms with Gasteiger partial charge < -0.3 is 73.7 Å². The molecule has 4 amide bonds. The molecular formula is C76H50N12Na6O25S6. The molecule has 0 spiro atoms. The minimum Gasteiger partial charge on any atom is -0.744 e. The number of nitrogens with one attached hydrogen (secondary N) is 4. The topological polar surface area (TPSA) is 614 Å². The zero-order chi connectivity index (χ0) is 85.6. The van der Waals surface area contributed by atoms with E-state index in [4.69, 9.17) is 4.74 Å². The molecule has 0 fully saturated rings. The van der Waals surface area contributed by atoms with Crippen LogP contribution >= 0.6 is 0 Å². The summed E-state index contributed by atoms with van der Waals surface area (Å²) in [5.74, 6) is -2.47. The molecule has 0 aliphatic carbocycles. The van der Waals surface area contributed by atoms with E-state index in [-0.39, 0.29) is 260 Å². The number of methoxy groups -OCH3 is 1. The number of hydrogen-bond acceptors (Lipinski definition) is 33. The number of urea groups is 2. The maximum Gasteiger partial charge on any atom is 1.00 e. The van der Waals surface area contributed by atoms with Gasteiger partial charge in [0.2, 0.25) is 0 Å². The molecule has 0 radical (unpaired) electrons. The molecule has 14 aromatic rings. The van der Waals surface area contributed by atoms with Crippen molar-refractivity contribution in [1.29, 1.82) is 0 Å². The van der Waals surface area contributed by atoms with Gasteiger partial charge in [0.15, 0.2) is 23.0 Å². The SMILES string of the molecule is COc1ccccc1N=Nc1c(S(=O)(=O)[O-])cc2cc(NC(=O)Nc3ccc4c(O)c(N=Nc5ccc6cc(S(=O)(=O)[O-])ccc6c5)c(S(=O)(=O)[O-])cc4c3)ccc2c1O.Cc1ccccc1N=Nc1c(S(=O)(=O)[O-])cc2cc(NC(=O)Nc3ccc4c(O)c(N=Nc5ccc6cc(S(=O)(=O)[O-])ccc6c5)c(S(=O)(=O)[O-])cc4c3)ccc2c1O.[Na+].[Na+].[Na+].[Na+].[Na+].[Na+]. The summed E-state index contributed by atoms with van der Waals surface area (Å²) in [6.07, 6.45) is 0. The Balaban J connectivity index is 0.000000328. The maximum atomic E-state index is 13.1. The number of fused-ring (bicyclic) bond motifs is 6. The van der Waals surface area contributed by atoms with E-state index in [1.165, 1.54) is 141 Å². The number of azo groups is 4. The van der Waals surface area contributed by atoms with E-state index in [1.807, 2.05) is 0 Å². The van der Waals surface area contributed by atoms with Gasteiger partial charge in [-0.1, -0.05) is 54.6 Å². The molecule has 0 aliphatic heterocycles. The van der Waals surface area contributed by atoms with Crippen molar-refractivity contribution in [3.8, 4) is 28.7 Å². The molecule has 0 saturated carbocycles. The third-order valence-corrected chi connectivity index (χ3v) is 22.8. The molecular weight excluding hydrogens is 1810 g/mol. The van der Waals surface area contributed by atoms with Crippen LogP contribution in [0.1, 0.15) is 5.56 Å². The number of carbonyl (C=O) groups is 2. The van der Waals surface area contributed by atoms with Gasteiger partial charge in [0, 0.05) is 44.3 Å². The summed E-state index contributed by atoms with van der Waals surface area (Å²) in [6.45, 7) is 1.74. The van der Waals surface area contributed by atoms with Crippen molar-refractivity contribution >= 4 is 206 Å². The predicted octanol–water partition coefficient (Wildman–Crippen LogP) is -2.17. The first-order valence-electron chi connectivity index (χ1n) is 33.6. The number of aromatic hydroxyl groups is 4. The molecule has 0 saturated heterocycles. The molecule has 0 aliphatic rings. The van der Waals surface area contributed by atoms with Crippen LogP contribution in [-0.2, 0) is 60.7 Å². The minimum atomic E-state index is -5.28. The number of phenolic OH excluding ortho intramolecular Hbond substituents is 4. The van der Waals surface area contributed by atoms with E-state index >= 15 is 0 Å². The molecule has 606 valence electrons. The third kappa shape index (κ3) is 24.5. The van der Waals surface area contributed by atoms with Crippen LogP contribution in [0.25, 0.3) is 64.6 Å². The van der Waals surface area contributed by atoms with E-state index in [2.05, 4.69) is 62.2 Å². The number of benzene rings is 14. The summed E-state index contributed by atoms with van der Waals surface area (Å²) in [5.41, 5.74) is -0.703. The third-order valence-electron chi connectivity index (χ3n) is 17.7. The van der Waals surface area contributed by atoms with Crippen LogP contribution in [0, 0.1) is 6.92 Å². The quantitative estimate of drug-likeness (QED) is 0.0243. The van der Waals surface area contributed by atoms with E-state index < -0.39 is 148 Å². The summed E-state index contributed by atoms with van der Waals surface area (Å²) in [4.78, 5) is 21.6. The Bertz CT molecular complexity index is 7590. The van der Waals surface area contributed by atoms with Crippen molar-refractivity contribution < 1.29 is 290 Å². The average Bonchev–Trinajstić information content (AvgIpc) is 0.775. The number of ether oxygens (including phenoxy) is 1. The minimum absolute atomic E-state index is 0. The number of para-hydroxylation sites is 1. The van der Waals surface area contributed by atoms with Gasteiger partial charge in [-0.3, -0.25) is 0 Å². The second-order valence-electron chi connectivity index (χ2n) is 25.6. The maximum absolute atomic E-state index is 13.1.